The molecular weight excluding hydrogens is 266 g/mol. The van der Waals surface area contributed by atoms with Gasteiger partial charge in [-0.05, 0) is 19.1 Å². The molecule has 1 aliphatic rings. The standard InChI is InChI=1S/C16H19N3O2/c1-2-17-16-13(10-19-7-8-21-11-15(19)20)9-12-5-3-4-6-14(12)18-16/h3-6,9H,2,7-8,10-11H2,1H3,(H,17,18). The van der Waals surface area contributed by atoms with Crippen LogP contribution in [0, 0.1) is 0 Å². The van der Waals surface area contributed by atoms with Crippen LogP contribution in [0.25, 0.3) is 10.9 Å². The number of morpholine rings is 1. The van der Waals surface area contributed by atoms with E-state index in [9.17, 15) is 4.79 Å². The summed E-state index contributed by atoms with van der Waals surface area (Å²) in [6, 6.07) is 10.1. The first kappa shape index (κ1) is 13.8. The van der Waals surface area contributed by atoms with Gasteiger partial charge in [-0.2, -0.15) is 0 Å². The number of aromatic nitrogens is 1. The lowest BCUT2D eigenvalue weighted by Crippen LogP contribution is -2.41. The van der Waals surface area contributed by atoms with Crippen molar-refractivity contribution in [3.8, 4) is 0 Å². The minimum Gasteiger partial charge on any atom is -0.370 e. The number of carbonyl (C=O) groups is 1. The Bertz CT molecular complexity index is 657. The van der Waals surface area contributed by atoms with Crippen LogP contribution in [0.15, 0.2) is 30.3 Å². The largest absolute Gasteiger partial charge is 0.370 e. The van der Waals surface area contributed by atoms with E-state index in [-0.39, 0.29) is 12.5 Å². The third-order valence-corrected chi connectivity index (χ3v) is 3.59. The third-order valence-electron chi connectivity index (χ3n) is 3.59. The number of benzene rings is 1. The van der Waals surface area contributed by atoms with Crippen molar-refractivity contribution < 1.29 is 9.53 Å². The first-order valence-electron chi connectivity index (χ1n) is 7.26. The molecule has 1 saturated heterocycles. The van der Waals surface area contributed by atoms with Gasteiger partial charge in [0.1, 0.15) is 12.4 Å². The first-order chi connectivity index (χ1) is 10.3. The van der Waals surface area contributed by atoms with Crippen LogP contribution in [0.2, 0.25) is 0 Å². The van der Waals surface area contributed by atoms with E-state index in [0.717, 1.165) is 28.8 Å². The van der Waals surface area contributed by atoms with Gasteiger partial charge in [0.2, 0.25) is 5.91 Å². The van der Waals surface area contributed by atoms with Crippen molar-refractivity contribution in [2.24, 2.45) is 0 Å². The maximum Gasteiger partial charge on any atom is 0.248 e. The van der Waals surface area contributed by atoms with Crippen LogP contribution < -0.4 is 5.32 Å². The quantitative estimate of drug-likeness (QED) is 0.934. The summed E-state index contributed by atoms with van der Waals surface area (Å²) in [7, 11) is 0. The second-order valence-corrected chi connectivity index (χ2v) is 5.09. The van der Waals surface area contributed by atoms with Crippen LogP contribution in [0.5, 0.6) is 0 Å². The average Bonchev–Trinajstić information content (AvgIpc) is 2.50. The number of pyridine rings is 1. The molecule has 0 unspecified atom stereocenters. The summed E-state index contributed by atoms with van der Waals surface area (Å²) in [6.45, 7) is 4.83. The van der Waals surface area contributed by atoms with E-state index in [2.05, 4.69) is 16.4 Å². The molecule has 0 aliphatic carbocycles. The molecule has 0 atom stereocenters. The number of ether oxygens (including phenoxy) is 1. The van der Waals surface area contributed by atoms with Gasteiger partial charge in [-0.15, -0.1) is 0 Å². The summed E-state index contributed by atoms with van der Waals surface area (Å²) in [5.41, 5.74) is 2.01. The summed E-state index contributed by atoms with van der Waals surface area (Å²) in [5, 5.41) is 4.38. The highest BCUT2D eigenvalue weighted by Gasteiger charge is 2.20. The molecule has 2 heterocycles. The summed E-state index contributed by atoms with van der Waals surface area (Å²) in [4.78, 5) is 18.4. The number of nitrogens with zero attached hydrogens (tertiary/aromatic N) is 2. The number of para-hydroxylation sites is 1. The minimum atomic E-state index is 0.0388. The Hall–Kier alpha value is -2.14. The van der Waals surface area contributed by atoms with E-state index in [1.807, 2.05) is 36.1 Å². The predicted octanol–water partition coefficient (Wildman–Crippen LogP) is 2.03. The van der Waals surface area contributed by atoms with Crippen molar-refractivity contribution in [2.45, 2.75) is 13.5 Å². The fourth-order valence-electron chi connectivity index (χ4n) is 2.52. The number of fused-ring (bicyclic) bond motifs is 1. The number of amides is 1. The lowest BCUT2D eigenvalue weighted by molar-refractivity contribution is -0.143. The zero-order chi connectivity index (χ0) is 14.7. The second-order valence-electron chi connectivity index (χ2n) is 5.09. The van der Waals surface area contributed by atoms with Gasteiger partial charge in [0, 0.05) is 30.6 Å². The Labute approximate surface area is 123 Å². The Kier molecular flexibility index (Phi) is 4.01. The van der Waals surface area contributed by atoms with Crippen molar-refractivity contribution >= 4 is 22.6 Å². The second kappa shape index (κ2) is 6.10. The molecule has 1 aromatic heterocycles. The summed E-state index contributed by atoms with van der Waals surface area (Å²) in [6.07, 6.45) is 0. The lowest BCUT2D eigenvalue weighted by atomic mass is 10.1. The highest BCUT2D eigenvalue weighted by molar-refractivity contribution is 5.82. The number of hydrogen-bond donors (Lipinski definition) is 1. The van der Waals surface area contributed by atoms with E-state index in [4.69, 9.17) is 4.74 Å². The molecule has 21 heavy (non-hydrogen) atoms. The zero-order valence-corrected chi connectivity index (χ0v) is 12.1. The Morgan fingerprint density at radius 2 is 2.24 bits per heavy atom. The highest BCUT2D eigenvalue weighted by atomic mass is 16.5. The topological polar surface area (TPSA) is 54.5 Å². The summed E-state index contributed by atoms with van der Waals surface area (Å²) < 4.78 is 5.18. The lowest BCUT2D eigenvalue weighted by Gasteiger charge is -2.27. The molecule has 0 radical (unpaired) electrons. The van der Waals surface area contributed by atoms with Crippen LogP contribution in [-0.4, -0.2) is 42.1 Å². The van der Waals surface area contributed by atoms with E-state index in [1.54, 1.807) is 0 Å². The van der Waals surface area contributed by atoms with Crippen molar-refractivity contribution in [1.82, 2.24) is 9.88 Å². The van der Waals surface area contributed by atoms with Crippen molar-refractivity contribution in [3.05, 3.63) is 35.9 Å². The monoisotopic (exact) mass is 285 g/mol. The van der Waals surface area contributed by atoms with E-state index in [1.165, 1.54) is 0 Å². The molecule has 3 rings (SSSR count). The fourth-order valence-corrected chi connectivity index (χ4v) is 2.52. The number of anilines is 1. The number of rotatable bonds is 4. The third kappa shape index (κ3) is 2.97. The van der Waals surface area contributed by atoms with Crippen LogP contribution in [-0.2, 0) is 16.1 Å². The molecular formula is C16H19N3O2. The van der Waals surface area contributed by atoms with Crippen LogP contribution >= 0.6 is 0 Å². The van der Waals surface area contributed by atoms with Gasteiger partial charge in [-0.1, -0.05) is 18.2 Å². The molecule has 1 aliphatic heterocycles. The van der Waals surface area contributed by atoms with Gasteiger partial charge in [0.05, 0.1) is 12.1 Å². The number of carbonyl (C=O) groups excluding carboxylic acids is 1. The zero-order valence-electron chi connectivity index (χ0n) is 12.1. The molecule has 1 amide bonds. The molecule has 5 nitrogen and oxygen atoms in total. The molecule has 1 aromatic carbocycles. The minimum absolute atomic E-state index is 0.0388. The Morgan fingerprint density at radius 1 is 1.38 bits per heavy atom. The van der Waals surface area contributed by atoms with Gasteiger partial charge >= 0.3 is 0 Å². The first-order valence-corrected chi connectivity index (χ1v) is 7.26. The molecule has 110 valence electrons. The fraction of sp³-hybridized carbons (Fsp3) is 0.375. The molecule has 0 bridgehead atoms. The molecule has 1 N–H and O–H groups in total. The van der Waals surface area contributed by atoms with Crippen molar-refractivity contribution in [1.29, 1.82) is 0 Å². The SMILES string of the molecule is CCNc1nc2ccccc2cc1CN1CCOCC1=O. The summed E-state index contributed by atoms with van der Waals surface area (Å²) in [5.74, 6) is 0.896. The Morgan fingerprint density at radius 3 is 3.05 bits per heavy atom. The van der Waals surface area contributed by atoms with Gasteiger partial charge in [-0.25, -0.2) is 4.98 Å². The maximum absolute atomic E-state index is 11.9. The molecule has 1 fully saturated rings. The number of hydrogen-bond acceptors (Lipinski definition) is 4. The van der Waals surface area contributed by atoms with Gasteiger partial charge in [0.15, 0.2) is 0 Å². The van der Waals surface area contributed by atoms with Gasteiger partial charge < -0.3 is 15.0 Å². The van der Waals surface area contributed by atoms with Crippen molar-refractivity contribution in [2.75, 3.05) is 31.6 Å². The van der Waals surface area contributed by atoms with Gasteiger partial charge in [-0.3, -0.25) is 4.79 Å². The van der Waals surface area contributed by atoms with E-state index >= 15 is 0 Å². The average molecular weight is 285 g/mol. The molecule has 0 saturated carbocycles. The van der Waals surface area contributed by atoms with E-state index in [0.29, 0.717) is 19.7 Å². The normalized spacial score (nSPS) is 15.5. The smallest absolute Gasteiger partial charge is 0.248 e. The van der Waals surface area contributed by atoms with Crippen LogP contribution in [0.4, 0.5) is 5.82 Å². The van der Waals surface area contributed by atoms with Gasteiger partial charge in [0.25, 0.3) is 0 Å². The Balaban J connectivity index is 1.94. The molecule has 2 aromatic rings. The van der Waals surface area contributed by atoms with Crippen molar-refractivity contribution in [3.63, 3.8) is 0 Å². The molecule has 5 heteroatoms. The predicted molar refractivity (Wildman–Crippen MR) is 82.1 cm³/mol. The maximum atomic E-state index is 11.9. The number of nitrogens with one attached hydrogen (secondary N) is 1. The summed E-state index contributed by atoms with van der Waals surface area (Å²) >= 11 is 0. The van der Waals surface area contributed by atoms with Crippen LogP contribution in [0.1, 0.15) is 12.5 Å². The van der Waals surface area contributed by atoms with E-state index < -0.39 is 0 Å². The molecule has 0 spiro atoms. The van der Waals surface area contributed by atoms with Crippen LogP contribution in [0.3, 0.4) is 0 Å². The highest BCUT2D eigenvalue weighted by Crippen LogP contribution is 2.22.